The number of benzene rings is 4. The molecule has 0 aromatic heterocycles. The van der Waals surface area contributed by atoms with Crippen molar-refractivity contribution < 1.29 is 4.79 Å². The van der Waals surface area contributed by atoms with Crippen LogP contribution in [0.3, 0.4) is 0 Å². The van der Waals surface area contributed by atoms with Crippen LogP contribution in [0.2, 0.25) is 0 Å². The number of fused-ring (bicyclic) bond motifs is 5. The molecule has 0 fully saturated rings. The van der Waals surface area contributed by atoms with E-state index in [2.05, 4.69) is 60.5 Å². The van der Waals surface area contributed by atoms with E-state index < -0.39 is 6.03 Å². The van der Waals surface area contributed by atoms with Gasteiger partial charge in [-0.15, -0.1) is 0 Å². The summed E-state index contributed by atoms with van der Waals surface area (Å²) >= 11 is 0. The van der Waals surface area contributed by atoms with Crippen LogP contribution in [0.4, 0.5) is 21.9 Å². The molecule has 5 heteroatoms. The van der Waals surface area contributed by atoms with Crippen LogP contribution in [-0.2, 0) is 0 Å². The van der Waals surface area contributed by atoms with E-state index in [9.17, 15) is 4.79 Å². The van der Waals surface area contributed by atoms with E-state index in [1.165, 1.54) is 5.56 Å². The molecule has 2 heterocycles. The molecule has 2 N–H and O–H groups in total. The Morgan fingerprint density at radius 3 is 2.03 bits per heavy atom. The highest BCUT2D eigenvalue weighted by molar-refractivity contribution is 6.11. The Labute approximate surface area is 198 Å². The lowest BCUT2D eigenvalue weighted by atomic mass is 9.82. The summed E-state index contributed by atoms with van der Waals surface area (Å²) in [6.07, 6.45) is 0. The van der Waals surface area contributed by atoms with Gasteiger partial charge in [-0.25, -0.2) is 4.79 Å². The van der Waals surface area contributed by atoms with Gasteiger partial charge in [0.1, 0.15) is 0 Å². The quantitative estimate of drug-likeness (QED) is 0.396. The molecule has 0 spiro atoms. The predicted octanol–water partition coefficient (Wildman–Crippen LogP) is 6.27. The van der Waals surface area contributed by atoms with Gasteiger partial charge in [-0.3, -0.25) is 9.91 Å². The van der Waals surface area contributed by atoms with Gasteiger partial charge in [0.15, 0.2) is 0 Å². The fraction of sp³-hybridized carbons (Fsp3) is 0.103. The maximum Gasteiger partial charge on any atom is 0.323 e. The number of carbonyl (C=O) groups is 1. The highest BCUT2D eigenvalue weighted by atomic mass is 16.2. The molecule has 0 radical (unpaired) electrons. The summed E-state index contributed by atoms with van der Waals surface area (Å²) in [4.78, 5) is 14.4. The van der Waals surface area contributed by atoms with Crippen LogP contribution in [0, 0.1) is 6.92 Å². The number of hydrazone groups is 1. The molecule has 2 aliphatic heterocycles. The summed E-state index contributed by atoms with van der Waals surface area (Å²) in [6, 6.07) is 34.1. The van der Waals surface area contributed by atoms with Crippen LogP contribution in [0.25, 0.3) is 0 Å². The smallest absolute Gasteiger partial charge is 0.323 e. The summed E-state index contributed by atoms with van der Waals surface area (Å²) in [5, 5.41) is 7.33. The first-order valence-corrected chi connectivity index (χ1v) is 11.4. The lowest BCUT2D eigenvalue weighted by Crippen LogP contribution is -2.32. The summed E-state index contributed by atoms with van der Waals surface area (Å²) in [6.45, 7) is 2.08. The second-order valence-electron chi connectivity index (χ2n) is 8.75. The van der Waals surface area contributed by atoms with E-state index in [1.54, 1.807) is 4.90 Å². The number of nitrogens with two attached hydrogens (primary N) is 1. The zero-order valence-corrected chi connectivity index (χ0v) is 18.8. The fourth-order valence-corrected chi connectivity index (χ4v) is 5.18. The number of aryl methyl sites for hydroxylation is 1. The van der Waals surface area contributed by atoms with Gasteiger partial charge in [-0.2, -0.15) is 5.10 Å². The number of amides is 2. The van der Waals surface area contributed by atoms with Gasteiger partial charge in [0, 0.05) is 5.56 Å². The molecule has 6 rings (SSSR count). The van der Waals surface area contributed by atoms with Crippen LogP contribution in [0.1, 0.15) is 34.2 Å². The predicted molar refractivity (Wildman–Crippen MR) is 137 cm³/mol. The fourth-order valence-electron chi connectivity index (χ4n) is 5.18. The lowest BCUT2D eigenvalue weighted by molar-refractivity contribution is 0.256. The van der Waals surface area contributed by atoms with Crippen LogP contribution < -0.4 is 15.6 Å². The molecule has 0 saturated heterocycles. The normalized spacial score (nSPS) is 18.4. The van der Waals surface area contributed by atoms with Gasteiger partial charge < -0.3 is 5.73 Å². The average Bonchev–Trinajstić information content (AvgIpc) is 3.20. The summed E-state index contributed by atoms with van der Waals surface area (Å²) in [5.41, 5.74) is 13.8. The molecule has 2 aliphatic rings. The summed E-state index contributed by atoms with van der Waals surface area (Å²) < 4.78 is 0. The SMILES string of the molecule is Cc1ccc(N2N=C(c3ccccc3)C3c4ccccc4N(C(N)=O)c4ccccc4C32)cc1. The Hall–Kier alpha value is -4.38. The van der Waals surface area contributed by atoms with E-state index in [4.69, 9.17) is 10.8 Å². The third kappa shape index (κ3) is 3.09. The molecular weight excluding hydrogens is 420 g/mol. The first kappa shape index (κ1) is 20.2. The van der Waals surface area contributed by atoms with Crippen molar-refractivity contribution in [1.29, 1.82) is 0 Å². The Kier molecular flexibility index (Phi) is 4.69. The monoisotopic (exact) mass is 444 g/mol. The number of urea groups is 1. The Bertz CT molecular complexity index is 1410. The van der Waals surface area contributed by atoms with Gasteiger partial charge in [0.25, 0.3) is 0 Å². The van der Waals surface area contributed by atoms with Crippen molar-refractivity contribution in [2.75, 3.05) is 9.91 Å². The number of anilines is 3. The standard InChI is InChI=1S/C29H24N4O/c1-19-15-17-21(18-16-19)33-28-23-12-6-8-14-25(23)32(29(30)34)24-13-7-5-11-22(24)26(28)27(31-33)20-9-3-2-4-10-20/h2-18,26,28H,1H3,(H2,30,34). The lowest BCUT2D eigenvalue weighted by Gasteiger charge is -2.29. The van der Waals surface area contributed by atoms with Crippen molar-refractivity contribution >= 4 is 28.8 Å². The Balaban J connectivity index is 1.67. The zero-order chi connectivity index (χ0) is 23.2. The second-order valence-corrected chi connectivity index (χ2v) is 8.75. The van der Waals surface area contributed by atoms with Crippen molar-refractivity contribution in [3.05, 3.63) is 125 Å². The van der Waals surface area contributed by atoms with E-state index in [0.29, 0.717) is 0 Å². The number of hydrogen-bond donors (Lipinski definition) is 1. The number of rotatable bonds is 2. The van der Waals surface area contributed by atoms with Gasteiger partial charge in [-0.1, -0.05) is 84.4 Å². The maximum atomic E-state index is 12.8. The van der Waals surface area contributed by atoms with Gasteiger partial charge in [0.2, 0.25) is 0 Å². The van der Waals surface area contributed by atoms with E-state index in [1.807, 2.05) is 54.6 Å². The molecule has 34 heavy (non-hydrogen) atoms. The number of hydrogen-bond acceptors (Lipinski definition) is 3. The van der Waals surface area contributed by atoms with Gasteiger partial charge in [-0.05, 0) is 42.3 Å². The number of primary amides is 1. The molecule has 4 aromatic carbocycles. The topological polar surface area (TPSA) is 61.9 Å². The molecule has 0 aliphatic carbocycles. The van der Waals surface area contributed by atoms with E-state index in [-0.39, 0.29) is 12.0 Å². The Morgan fingerprint density at radius 2 is 1.35 bits per heavy atom. The number of carbonyl (C=O) groups excluding carboxylic acids is 1. The molecule has 0 bridgehead atoms. The van der Waals surface area contributed by atoms with Crippen molar-refractivity contribution in [2.45, 2.75) is 18.9 Å². The number of nitrogens with zero attached hydrogens (tertiary/aromatic N) is 3. The minimum absolute atomic E-state index is 0.0922. The minimum Gasteiger partial charge on any atom is -0.351 e. The molecule has 2 amide bonds. The van der Waals surface area contributed by atoms with Crippen molar-refractivity contribution in [2.24, 2.45) is 10.8 Å². The molecule has 5 nitrogen and oxygen atoms in total. The average molecular weight is 445 g/mol. The van der Waals surface area contributed by atoms with Crippen molar-refractivity contribution in [3.63, 3.8) is 0 Å². The molecule has 0 saturated carbocycles. The van der Waals surface area contributed by atoms with Crippen LogP contribution in [0.5, 0.6) is 0 Å². The van der Waals surface area contributed by atoms with E-state index >= 15 is 0 Å². The summed E-state index contributed by atoms with van der Waals surface area (Å²) in [7, 11) is 0. The zero-order valence-electron chi connectivity index (χ0n) is 18.8. The Morgan fingerprint density at radius 1 is 0.765 bits per heavy atom. The molecule has 4 aromatic rings. The van der Waals surface area contributed by atoms with Crippen molar-refractivity contribution in [1.82, 2.24) is 0 Å². The van der Waals surface area contributed by atoms with E-state index in [0.717, 1.165) is 39.5 Å². The van der Waals surface area contributed by atoms with Crippen LogP contribution in [-0.4, -0.2) is 11.7 Å². The minimum atomic E-state index is -0.500. The summed E-state index contributed by atoms with van der Waals surface area (Å²) in [5.74, 6) is -0.0922. The second kappa shape index (κ2) is 7.89. The highest BCUT2D eigenvalue weighted by Gasteiger charge is 2.46. The van der Waals surface area contributed by atoms with Gasteiger partial charge >= 0.3 is 6.03 Å². The van der Waals surface area contributed by atoms with Gasteiger partial charge in [0.05, 0.1) is 34.7 Å². The molecular formula is C29H24N4O. The largest absolute Gasteiger partial charge is 0.351 e. The van der Waals surface area contributed by atoms with Crippen molar-refractivity contribution in [3.8, 4) is 0 Å². The highest BCUT2D eigenvalue weighted by Crippen LogP contribution is 2.53. The third-order valence-electron chi connectivity index (χ3n) is 6.69. The molecule has 2 unspecified atom stereocenters. The maximum absolute atomic E-state index is 12.8. The molecule has 2 atom stereocenters. The first-order valence-electron chi connectivity index (χ1n) is 11.4. The number of para-hydroxylation sites is 2. The van der Waals surface area contributed by atoms with Crippen LogP contribution >= 0.6 is 0 Å². The molecule has 166 valence electrons. The third-order valence-corrected chi connectivity index (χ3v) is 6.69. The van der Waals surface area contributed by atoms with Crippen LogP contribution in [0.15, 0.2) is 108 Å². The first-order chi connectivity index (χ1) is 16.6.